The summed E-state index contributed by atoms with van der Waals surface area (Å²) < 4.78 is 0. The molecule has 0 aromatic rings. The van der Waals surface area contributed by atoms with E-state index >= 15 is 0 Å². The van der Waals surface area contributed by atoms with Crippen LogP contribution in [-0.4, -0.2) is 43.0 Å². The number of hydrogen-bond acceptors (Lipinski definition) is 2. The first-order valence-electron chi connectivity index (χ1n) is 6.53. The summed E-state index contributed by atoms with van der Waals surface area (Å²) in [5.41, 5.74) is 0. The summed E-state index contributed by atoms with van der Waals surface area (Å²) in [7, 11) is 0. The van der Waals surface area contributed by atoms with Crippen LogP contribution in [0.5, 0.6) is 0 Å². The Kier molecular flexibility index (Phi) is 6.43. The second-order valence-electron chi connectivity index (χ2n) is 4.37. The molecule has 17 heavy (non-hydrogen) atoms. The van der Waals surface area contributed by atoms with Crippen molar-refractivity contribution in [3.8, 4) is 0 Å². The fourth-order valence-corrected chi connectivity index (χ4v) is 1.85. The molecule has 0 saturated carbocycles. The Bertz CT molecular complexity index is 256. The number of carbonyl (C=O) groups excluding carboxylic acids is 2. The average molecular weight is 241 g/mol. The summed E-state index contributed by atoms with van der Waals surface area (Å²) >= 11 is 0. The van der Waals surface area contributed by atoms with Crippen LogP contribution in [0.15, 0.2) is 0 Å². The minimum Gasteiger partial charge on any atom is -0.343 e. The molecule has 5 heteroatoms. The van der Waals surface area contributed by atoms with Gasteiger partial charge in [-0.05, 0) is 19.3 Å². The van der Waals surface area contributed by atoms with Gasteiger partial charge >= 0.3 is 6.03 Å². The number of likely N-dealkylation sites (tertiary alicyclic amines) is 1. The molecule has 1 heterocycles. The molecule has 1 saturated heterocycles. The molecule has 98 valence electrons. The van der Waals surface area contributed by atoms with Crippen molar-refractivity contribution in [3.05, 3.63) is 0 Å². The van der Waals surface area contributed by atoms with Crippen molar-refractivity contribution in [2.45, 2.75) is 39.0 Å². The highest BCUT2D eigenvalue weighted by atomic mass is 16.2. The van der Waals surface area contributed by atoms with Gasteiger partial charge in [0, 0.05) is 32.6 Å². The zero-order chi connectivity index (χ0) is 12.5. The van der Waals surface area contributed by atoms with Crippen LogP contribution in [0.4, 0.5) is 4.79 Å². The zero-order valence-corrected chi connectivity index (χ0v) is 10.6. The predicted molar refractivity (Wildman–Crippen MR) is 66.7 cm³/mol. The molecule has 0 aromatic heterocycles. The molecule has 5 nitrogen and oxygen atoms in total. The molecule has 0 aliphatic carbocycles. The molecule has 0 bridgehead atoms. The molecule has 1 rings (SSSR count). The van der Waals surface area contributed by atoms with E-state index in [-0.39, 0.29) is 11.9 Å². The van der Waals surface area contributed by atoms with E-state index in [1.54, 1.807) is 0 Å². The van der Waals surface area contributed by atoms with E-state index < -0.39 is 0 Å². The molecule has 1 fully saturated rings. The van der Waals surface area contributed by atoms with Crippen LogP contribution in [-0.2, 0) is 4.79 Å². The third kappa shape index (κ3) is 5.56. The maximum absolute atomic E-state index is 11.3. The second-order valence-corrected chi connectivity index (χ2v) is 4.37. The number of carbonyl (C=O) groups is 2. The topological polar surface area (TPSA) is 61.4 Å². The van der Waals surface area contributed by atoms with Gasteiger partial charge in [0.15, 0.2) is 0 Å². The minimum absolute atomic E-state index is 0.105. The van der Waals surface area contributed by atoms with E-state index in [1.807, 2.05) is 4.90 Å². The van der Waals surface area contributed by atoms with E-state index in [9.17, 15) is 9.59 Å². The number of hydrogen-bond donors (Lipinski definition) is 2. The van der Waals surface area contributed by atoms with Crippen LogP contribution in [0.25, 0.3) is 0 Å². The Hall–Kier alpha value is -1.26. The van der Waals surface area contributed by atoms with Gasteiger partial charge < -0.3 is 15.5 Å². The lowest BCUT2D eigenvalue weighted by Crippen LogP contribution is -2.37. The Morgan fingerprint density at radius 3 is 2.59 bits per heavy atom. The normalized spacial score (nSPS) is 15.1. The Morgan fingerprint density at radius 2 is 2.00 bits per heavy atom. The Balaban J connectivity index is 1.96. The first-order chi connectivity index (χ1) is 8.24. The smallest absolute Gasteiger partial charge is 0.314 e. The van der Waals surface area contributed by atoms with Gasteiger partial charge in [-0.3, -0.25) is 4.79 Å². The lowest BCUT2D eigenvalue weighted by Gasteiger charge is -2.15. The molecule has 1 aliphatic heterocycles. The van der Waals surface area contributed by atoms with Gasteiger partial charge in [0.25, 0.3) is 0 Å². The van der Waals surface area contributed by atoms with E-state index in [4.69, 9.17) is 0 Å². The molecule has 3 amide bonds. The number of rotatable bonds is 7. The van der Waals surface area contributed by atoms with E-state index in [0.29, 0.717) is 13.0 Å². The molecule has 2 N–H and O–H groups in total. The first kappa shape index (κ1) is 13.8. The molecule has 0 unspecified atom stereocenters. The summed E-state index contributed by atoms with van der Waals surface area (Å²) in [6, 6.07) is -0.105. The van der Waals surface area contributed by atoms with Crippen LogP contribution in [0.3, 0.4) is 0 Å². The van der Waals surface area contributed by atoms with Gasteiger partial charge in [-0.15, -0.1) is 0 Å². The molecule has 0 spiro atoms. The summed E-state index contributed by atoms with van der Waals surface area (Å²) in [6.45, 7) is 5.08. The highest BCUT2D eigenvalue weighted by molar-refractivity contribution is 5.78. The number of unbranched alkanes of at least 4 members (excludes halogenated alkanes) is 1. The maximum Gasteiger partial charge on any atom is 0.314 e. The molecule has 0 aromatic carbocycles. The lowest BCUT2D eigenvalue weighted by atomic mass is 10.3. The maximum atomic E-state index is 11.3. The van der Waals surface area contributed by atoms with Crippen molar-refractivity contribution in [1.82, 2.24) is 15.5 Å². The van der Waals surface area contributed by atoms with Crippen molar-refractivity contribution >= 4 is 11.9 Å². The van der Waals surface area contributed by atoms with Gasteiger partial charge in [-0.1, -0.05) is 13.3 Å². The molecular formula is C12H23N3O2. The highest BCUT2D eigenvalue weighted by Gasteiger charge is 2.18. The monoisotopic (exact) mass is 241 g/mol. The van der Waals surface area contributed by atoms with Crippen molar-refractivity contribution in [1.29, 1.82) is 0 Å². The number of nitrogens with zero attached hydrogens (tertiary/aromatic N) is 1. The quantitative estimate of drug-likeness (QED) is 0.656. The lowest BCUT2D eigenvalue weighted by molar-refractivity contribution is -0.127. The van der Waals surface area contributed by atoms with Crippen molar-refractivity contribution in [2.75, 3.05) is 26.2 Å². The number of amides is 3. The average Bonchev–Trinajstić information content (AvgIpc) is 2.71. The molecular weight excluding hydrogens is 218 g/mol. The van der Waals surface area contributed by atoms with Crippen LogP contribution in [0.2, 0.25) is 0 Å². The van der Waals surface area contributed by atoms with Crippen molar-refractivity contribution < 1.29 is 9.59 Å². The standard InChI is InChI=1S/C12H23N3O2/c1-2-3-7-13-12(17)14-8-5-10-15-9-4-6-11(15)16/h2-10H2,1H3,(H2,13,14,17). The third-order valence-electron chi connectivity index (χ3n) is 2.88. The summed E-state index contributed by atoms with van der Waals surface area (Å²) in [6.07, 6.45) is 4.58. The van der Waals surface area contributed by atoms with Gasteiger partial charge in [-0.25, -0.2) is 4.79 Å². The molecule has 0 atom stereocenters. The zero-order valence-electron chi connectivity index (χ0n) is 10.6. The molecule has 1 aliphatic rings. The van der Waals surface area contributed by atoms with Gasteiger partial charge in [0.2, 0.25) is 5.91 Å². The van der Waals surface area contributed by atoms with E-state index in [2.05, 4.69) is 17.6 Å². The van der Waals surface area contributed by atoms with Crippen LogP contribution in [0, 0.1) is 0 Å². The SMILES string of the molecule is CCCCNC(=O)NCCCN1CCCC1=O. The van der Waals surface area contributed by atoms with Gasteiger partial charge in [0.1, 0.15) is 0 Å². The van der Waals surface area contributed by atoms with Gasteiger partial charge in [-0.2, -0.15) is 0 Å². The molecule has 0 radical (unpaired) electrons. The highest BCUT2D eigenvalue weighted by Crippen LogP contribution is 2.09. The van der Waals surface area contributed by atoms with Gasteiger partial charge in [0.05, 0.1) is 0 Å². The largest absolute Gasteiger partial charge is 0.343 e. The van der Waals surface area contributed by atoms with Crippen LogP contribution < -0.4 is 10.6 Å². The summed E-state index contributed by atoms with van der Waals surface area (Å²) in [4.78, 5) is 24.5. The Morgan fingerprint density at radius 1 is 1.29 bits per heavy atom. The second kappa shape index (κ2) is 7.92. The van der Waals surface area contributed by atoms with Crippen molar-refractivity contribution in [2.24, 2.45) is 0 Å². The fourth-order valence-electron chi connectivity index (χ4n) is 1.85. The number of nitrogens with one attached hydrogen (secondary N) is 2. The predicted octanol–water partition coefficient (Wildman–Crippen LogP) is 1.10. The van der Waals surface area contributed by atoms with E-state index in [0.717, 1.165) is 45.3 Å². The van der Waals surface area contributed by atoms with Crippen LogP contribution in [0.1, 0.15) is 39.0 Å². The first-order valence-corrected chi connectivity index (χ1v) is 6.53. The third-order valence-corrected chi connectivity index (χ3v) is 2.88. The minimum atomic E-state index is -0.105. The summed E-state index contributed by atoms with van der Waals surface area (Å²) in [5.74, 6) is 0.248. The summed E-state index contributed by atoms with van der Waals surface area (Å²) in [5, 5.41) is 5.58. The number of urea groups is 1. The van der Waals surface area contributed by atoms with Crippen molar-refractivity contribution in [3.63, 3.8) is 0 Å². The van der Waals surface area contributed by atoms with E-state index in [1.165, 1.54) is 0 Å². The fraction of sp³-hybridized carbons (Fsp3) is 0.833. The Labute approximate surface area is 103 Å². The van der Waals surface area contributed by atoms with Crippen LogP contribution >= 0.6 is 0 Å².